The lowest BCUT2D eigenvalue weighted by molar-refractivity contribution is 0.189. The Morgan fingerprint density at radius 1 is 1.57 bits per heavy atom. The van der Waals surface area contributed by atoms with Crippen LogP contribution in [0.25, 0.3) is 0 Å². The highest BCUT2D eigenvalue weighted by atomic mass is 16.5. The molecule has 0 bridgehead atoms. The number of nitrogens with zero attached hydrogens (tertiary/aromatic N) is 1. The number of furan rings is 1. The SMILES string of the molecule is N#Cc1ccc(CNC2CCOC2)o1. The van der Waals surface area contributed by atoms with Crippen LogP contribution in [-0.4, -0.2) is 19.3 Å². The van der Waals surface area contributed by atoms with E-state index in [4.69, 9.17) is 14.4 Å². The Bertz CT molecular complexity index is 334. The number of ether oxygens (including phenoxy) is 1. The van der Waals surface area contributed by atoms with E-state index in [1.54, 1.807) is 6.07 Å². The molecule has 1 aromatic rings. The van der Waals surface area contributed by atoms with Gasteiger partial charge in [-0.15, -0.1) is 0 Å². The van der Waals surface area contributed by atoms with E-state index in [0.29, 0.717) is 18.3 Å². The maximum atomic E-state index is 8.55. The monoisotopic (exact) mass is 192 g/mol. The first kappa shape index (κ1) is 9.25. The van der Waals surface area contributed by atoms with Gasteiger partial charge in [-0.05, 0) is 18.6 Å². The van der Waals surface area contributed by atoms with Crippen molar-refractivity contribution in [2.24, 2.45) is 0 Å². The first-order valence-electron chi connectivity index (χ1n) is 4.68. The molecule has 2 rings (SSSR count). The second-order valence-corrected chi connectivity index (χ2v) is 3.32. The van der Waals surface area contributed by atoms with Gasteiger partial charge in [0.25, 0.3) is 0 Å². The predicted molar refractivity (Wildman–Crippen MR) is 49.5 cm³/mol. The highest BCUT2D eigenvalue weighted by molar-refractivity contribution is 5.18. The molecule has 74 valence electrons. The molecule has 1 aromatic heterocycles. The lowest BCUT2D eigenvalue weighted by Crippen LogP contribution is -2.28. The molecule has 1 atom stereocenters. The van der Waals surface area contributed by atoms with E-state index in [1.165, 1.54) is 0 Å². The highest BCUT2D eigenvalue weighted by Crippen LogP contribution is 2.08. The molecule has 1 fully saturated rings. The largest absolute Gasteiger partial charge is 0.449 e. The van der Waals surface area contributed by atoms with Crippen molar-refractivity contribution >= 4 is 0 Å². The fourth-order valence-corrected chi connectivity index (χ4v) is 1.47. The third-order valence-corrected chi connectivity index (χ3v) is 2.27. The Balaban J connectivity index is 1.82. The molecule has 0 spiro atoms. The molecule has 0 radical (unpaired) electrons. The van der Waals surface area contributed by atoms with Gasteiger partial charge in [-0.25, -0.2) is 0 Å². The molecular weight excluding hydrogens is 180 g/mol. The number of hydrogen-bond donors (Lipinski definition) is 1. The van der Waals surface area contributed by atoms with E-state index >= 15 is 0 Å². The number of hydrogen-bond acceptors (Lipinski definition) is 4. The molecule has 2 heterocycles. The topological polar surface area (TPSA) is 58.2 Å². The Hall–Kier alpha value is -1.31. The van der Waals surface area contributed by atoms with Gasteiger partial charge in [-0.2, -0.15) is 5.26 Å². The average molecular weight is 192 g/mol. The van der Waals surface area contributed by atoms with Crippen LogP contribution in [0.3, 0.4) is 0 Å². The summed E-state index contributed by atoms with van der Waals surface area (Å²) in [7, 11) is 0. The van der Waals surface area contributed by atoms with Crippen molar-refractivity contribution < 1.29 is 9.15 Å². The predicted octanol–water partition coefficient (Wildman–Crippen LogP) is 1.03. The Morgan fingerprint density at radius 3 is 3.14 bits per heavy atom. The summed E-state index contributed by atoms with van der Waals surface area (Å²) < 4.78 is 10.5. The Labute approximate surface area is 82.5 Å². The molecule has 0 amide bonds. The summed E-state index contributed by atoms with van der Waals surface area (Å²) in [5.74, 6) is 1.16. The van der Waals surface area contributed by atoms with Gasteiger partial charge in [-0.1, -0.05) is 0 Å². The minimum Gasteiger partial charge on any atom is -0.449 e. The maximum absolute atomic E-state index is 8.55. The number of nitrogens with one attached hydrogen (secondary N) is 1. The highest BCUT2D eigenvalue weighted by Gasteiger charge is 2.14. The molecule has 0 aliphatic carbocycles. The molecule has 4 nitrogen and oxygen atoms in total. The first-order chi connectivity index (χ1) is 6.88. The fourth-order valence-electron chi connectivity index (χ4n) is 1.47. The smallest absolute Gasteiger partial charge is 0.203 e. The molecule has 1 aliphatic heterocycles. The van der Waals surface area contributed by atoms with Crippen LogP contribution in [0.2, 0.25) is 0 Å². The standard InChI is InChI=1S/C10H12N2O2/c11-5-9-1-2-10(14-9)6-12-8-3-4-13-7-8/h1-2,8,12H,3-4,6-7H2. The molecule has 0 aromatic carbocycles. The quantitative estimate of drug-likeness (QED) is 0.777. The molecule has 4 heteroatoms. The zero-order valence-electron chi connectivity index (χ0n) is 7.82. The van der Waals surface area contributed by atoms with Crippen LogP contribution >= 0.6 is 0 Å². The molecule has 1 unspecified atom stereocenters. The van der Waals surface area contributed by atoms with E-state index in [2.05, 4.69) is 5.32 Å². The normalized spacial score (nSPS) is 20.9. The van der Waals surface area contributed by atoms with Crippen LogP contribution in [-0.2, 0) is 11.3 Å². The summed E-state index contributed by atoms with van der Waals surface area (Å²) in [6.45, 7) is 2.26. The number of rotatable bonds is 3. The summed E-state index contributed by atoms with van der Waals surface area (Å²) >= 11 is 0. The van der Waals surface area contributed by atoms with Crippen LogP contribution in [0.1, 0.15) is 17.9 Å². The molecule has 14 heavy (non-hydrogen) atoms. The third kappa shape index (κ3) is 2.13. The fraction of sp³-hybridized carbons (Fsp3) is 0.500. The summed E-state index contributed by atoms with van der Waals surface area (Å²) in [4.78, 5) is 0. The summed E-state index contributed by atoms with van der Waals surface area (Å²) in [6, 6.07) is 5.88. The van der Waals surface area contributed by atoms with Gasteiger partial charge >= 0.3 is 0 Å². The Morgan fingerprint density at radius 2 is 2.50 bits per heavy atom. The van der Waals surface area contributed by atoms with Gasteiger partial charge in [-0.3, -0.25) is 0 Å². The molecule has 1 aliphatic rings. The van der Waals surface area contributed by atoms with Crippen molar-refractivity contribution in [1.82, 2.24) is 5.32 Å². The van der Waals surface area contributed by atoms with Crippen LogP contribution in [0, 0.1) is 11.3 Å². The number of nitriles is 1. The van der Waals surface area contributed by atoms with Gasteiger partial charge < -0.3 is 14.5 Å². The summed E-state index contributed by atoms with van der Waals surface area (Å²) in [6.07, 6.45) is 1.05. The van der Waals surface area contributed by atoms with Crippen molar-refractivity contribution in [3.05, 3.63) is 23.7 Å². The van der Waals surface area contributed by atoms with E-state index < -0.39 is 0 Å². The van der Waals surface area contributed by atoms with Crippen LogP contribution in [0.5, 0.6) is 0 Å². The van der Waals surface area contributed by atoms with Gasteiger partial charge in [0.1, 0.15) is 11.8 Å². The molecule has 1 N–H and O–H groups in total. The van der Waals surface area contributed by atoms with Crippen LogP contribution in [0.4, 0.5) is 0 Å². The summed E-state index contributed by atoms with van der Waals surface area (Å²) in [5.41, 5.74) is 0. The van der Waals surface area contributed by atoms with E-state index in [0.717, 1.165) is 25.4 Å². The zero-order valence-corrected chi connectivity index (χ0v) is 7.82. The lowest BCUT2D eigenvalue weighted by atomic mass is 10.2. The van der Waals surface area contributed by atoms with E-state index in [-0.39, 0.29) is 0 Å². The minimum atomic E-state index is 0.365. The van der Waals surface area contributed by atoms with Gasteiger partial charge in [0, 0.05) is 12.6 Å². The van der Waals surface area contributed by atoms with Gasteiger partial charge in [0.15, 0.2) is 0 Å². The van der Waals surface area contributed by atoms with Gasteiger partial charge in [0.2, 0.25) is 5.76 Å². The van der Waals surface area contributed by atoms with Crippen molar-refractivity contribution in [3.8, 4) is 6.07 Å². The van der Waals surface area contributed by atoms with Crippen molar-refractivity contribution in [2.75, 3.05) is 13.2 Å². The average Bonchev–Trinajstić information content (AvgIpc) is 2.86. The van der Waals surface area contributed by atoms with Crippen LogP contribution < -0.4 is 5.32 Å². The van der Waals surface area contributed by atoms with Crippen molar-refractivity contribution in [3.63, 3.8) is 0 Å². The first-order valence-corrected chi connectivity index (χ1v) is 4.68. The van der Waals surface area contributed by atoms with E-state index in [1.807, 2.05) is 12.1 Å². The molecular formula is C10H12N2O2. The van der Waals surface area contributed by atoms with Crippen molar-refractivity contribution in [2.45, 2.75) is 19.0 Å². The van der Waals surface area contributed by atoms with E-state index in [9.17, 15) is 0 Å². The maximum Gasteiger partial charge on any atom is 0.203 e. The second kappa shape index (κ2) is 4.27. The van der Waals surface area contributed by atoms with Crippen molar-refractivity contribution in [1.29, 1.82) is 5.26 Å². The zero-order chi connectivity index (χ0) is 9.80. The summed E-state index contributed by atoms with van der Waals surface area (Å²) in [5, 5.41) is 11.9. The molecule has 1 saturated heterocycles. The lowest BCUT2D eigenvalue weighted by Gasteiger charge is -2.07. The minimum absolute atomic E-state index is 0.365. The third-order valence-electron chi connectivity index (χ3n) is 2.27. The van der Waals surface area contributed by atoms with Crippen LogP contribution in [0.15, 0.2) is 16.5 Å². The Kier molecular flexibility index (Phi) is 2.82. The molecule has 0 saturated carbocycles. The van der Waals surface area contributed by atoms with Gasteiger partial charge in [0.05, 0.1) is 13.2 Å². The second-order valence-electron chi connectivity index (χ2n) is 3.32.